The molecular formula is C28H27ClF2N4O. The Bertz CT molecular complexity index is 1290. The molecule has 186 valence electrons. The molecule has 0 bridgehead atoms. The first-order valence-electron chi connectivity index (χ1n) is 11.6. The topological polar surface area (TPSA) is 82.2 Å². The van der Waals surface area contributed by atoms with Crippen LogP contribution in [0, 0.1) is 23.1 Å². The van der Waals surface area contributed by atoms with Gasteiger partial charge in [0, 0.05) is 29.6 Å². The number of amides is 1. The number of benzene rings is 3. The third-order valence-electron chi connectivity index (χ3n) is 6.70. The maximum Gasteiger partial charge on any atom is 0.265 e. The van der Waals surface area contributed by atoms with Crippen LogP contribution in [0.1, 0.15) is 58.4 Å². The Morgan fingerprint density at radius 3 is 2.42 bits per heavy atom. The Kier molecular flexibility index (Phi) is 7.41. The number of nitrogens with one attached hydrogen (secondary N) is 1. The summed E-state index contributed by atoms with van der Waals surface area (Å²) in [4.78, 5) is 14.3. The highest BCUT2D eigenvalue weighted by Gasteiger charge is 2.45. The van der Waals surface area contributed by atoms with Crippen molar-refractivity contribution in [2.75, 3.05) is 13.1 Å². The van der Waals surface area contributed by atoms with Crippen molar-refractivity contribution < 1.29 is 13.6 Å². The number of carbonyl (C=O) groups excluding carboxylic acids is 1. The lowest BCUT2D eigenvalue weighted by atomic mass is 9.72. The van der Waals surface area contributed by atoms with Crippen molar-refractivity contribution in [2.24, 2.45) is 11.8 Å². The fourth-order valence-electron chi connectivity index (χ4n) is 5.25. The predicted molar refractivity (Wildman–Crippen MR) is 135 cm³/mol. The van der Waals surface area contributed by atoms with E-state index in [1.54, 1.807) is 36.4 Å². The molecule has 0 aromatic heterocycles. The van der Waals surface area contributed by atoms with Crippen molar-refractivity contribution in [3.63, 3.8) is 0 Å². The second-order valence-electron chi connectivity index (χ2n) is 9.69. The summed E-state index contributed by atoms with van der Waals surface area (Å²) in [6.07, 6.45) is 0. The van der Waals surface area contributed by atoms with Crippen molar-refractivity contribution in [1.82, 2.24) is 10.3 Å². The van der Waals surface area contributed by atoms with Gasteiger partial charge in [0.15, 0.2) is 0 Å². The summed E-state index contributed by atoms with van der Waals surface area (Å²) in [5.41, 5.74) is 3.45. The number of hydrogen-bond donors (Lipinski definition) is 2. The van der Waals surface area contributed by atoms with Crippen LogP contribution in [0.3, 0.4) is 0 Å². The Labute approximate surface area is 214 Å². The van der Waals surface area contributed by atoms with Crippen LogP contribution in [-0.4, -0.2) is 29.6 Å². The summed E-state index contributed by atoms with van der Waals surface area (Å²) >= 11 is 6.12. The molecule has 0 saturated carbocycles. The number of hydrogen-bond acceptors (Lipinski definition) is 4. The fraction of sp³-hybridized carbons (Fsp3) is 0.286. The van der Waals surface area contributed by atoms with Gasteiger partial charge in [0.25, 0.3) is 5.91 Å². The summed E-state index contributed by atoms with van der Waals surface area (Å²) < 4.78 is 29.7. The highest BCUT2D eigenvalue weighted by Crippen LogP contribution is 2.45. The molecule has 3 aromatic rings. The maximum atomic E-state index is 15.5. The molecular weight excluding hydrogens is 482 g/mol. The molecule has 8 heteroatoms. The smallest absolute Gasteiger partial charge is 0.265 e. The molecule has 1 fully saturated rings. The van der Waals surface area contributed by atoms with Gasteiger partial charge in [-0.05, 0) is 78.9 Å². The van der Waals surface area contributed by atoms with Gasteiger partial charge in [0.1, 0.15) is 11.5 Å². The van der Waals surface area contributed by atoms with Crippen molar-refractivity contribution >= 4 is 17.5 Å². The highest BCUT2D eigenvalue weighted by atomic mass is 35.5. The van der Waals surface area contributed by atoms with Crippen LogP contribution in [0.4, 0.5) is 8.78 Å². The minimum atomic E-state index is -1.63. The third-order valence-corrected chi connectivity index (χ3v) is 6.96. The quantitative estimate of drug-likeness (QED) is 0.250. The van der Waals surface area contributed by atoms with Crippen molar-refractivity contribution in [3.05, 3.63) is 105 Å². The Balaban J connectivity index is 1.67. The van der Waals surface area contributed by atoms with E-state index in [9.17, 15) is 14.4 Å². The molecule has 1 aliphatic rings. The van der Waals surface area contributed by atoms with E-state index in [0.717, 1.165) is 17.2 Å². The minimum absolute atomic E-state index is 0.108. The molecule has 1 unspecified atom stereocenters. The van der Waals surface area contributed by atoms with Crippen LogP contribution in [0.2, 0.25) is 5.02 Å². The molecule has 1 aliphatic heterocycles. The normalized spacial score (nSPS) is 16.0. The monoisotopic (exact) mass is 508 g/mol. The maximum absolute atomic E-state index is 15.5. The SMILES string of the molecule is CC(C)(F)[C@H](c1cc(F)cc(C#N)c1)C1CN(C(c2ccc(Cl)cc2)c2cccc(C(=O)NN)c2)C1. The molecule has 36 heavy (non-hydrogen) atoms. The predicted octanol–water partition coefficient (Wildman–Crippen LogP) is 5.51. The van der Waals surface area contributed by atoms with Crippen LogP contribution in [0.25, 0.3) is 0 Å². The van der Waals surface area contributed by atoms with Crippen molar-refractivity contribution in [1.29, 1.82) is 5.26 Å². The van der Waals surface area contributed by atoms with Gasteiger partial charge in [0.2, 0.25) is 0 Å². The van der Waals surface area contributed by atoms with Crippen LogP contribution >= 0.6 is 11.6 Å². The molecule has 2 atom stereocenters. The molecule has 0 spiro atoms. The number of nitrogens with zero attached hydrogens (tertiary/aromatic N) is 2. The number of nitrogen functional groups attached to an aromatic ring is 1. The minimum Gasteiger partial charge on any atom is -0.292 e. The average molecular weight is 509 g/mol. The number of likely N-dealkylation sites (tertiary alicyclic amines) is 1. The molecule has 3 N–H and O–H groups in total. The lowest BCUT2D eigenvalue weighted by Crippen LogP contribution is -2.53. The van der Waals surface area contributed by atoms with Crippen LogP contribution in [0.5, 0.6) is 0 Å². The summed E-state index contributed by atoms with van der Waals surface area (Å²) in [7, 11) is 0. The lowest BCUT2D eigenvalue weighted by Gasteiger charge is -2.50. The van der Waals surface area contributed by atoms with Gasteiger partial charge in [-0.25, -0.2) is 14.6 Å². The van der Waals surface area contributed by atoms with E-state index >= 15 is 4.39 Å². The van der Waals surface area contributed by atoms with E-state index in [1.165, 1.54) is 19.9 Å². The second-order valence-corrected chi connectivity index (χ2v) is 10.1. The third kappa shape index (κ3) is 5.41. The summed E-state index contributed by atoms with van der Waals surface area (Å²) in [6.45, 7) is 4.06. The fourth-order valence-corrected chi connectivity index (χ4v) is 5.37. The molecule has 0 radical (unpaired) electrons. The highest BCUT2D eigenvalue weighted by molar-refractivity contribution is 6.30. The average Bonchev–Trinajstić information content (AvgIpc) is 2.82. The second kappa shape index (κ2) is 10.4. The number of nitrogens with two attached hydrogens (primary N) is 1. The van der Waals surface area contributed by atoms with E-state index in [2.05, 4.69) is 10.3 Å². The molecule has 4 rings (SSSR count). The number of alkyl halides is 1. The van der Waals surface area contributed by atoms with Gasteiger partial charge < -0.3 is 0 Å². The molecule has 0 aliphatic carbocycles. The van der Waals surface area contributed by atoms with Gasteiger partial charge in [-0.15, -0.1) is 0 Å². The number of carbonyl (C=O) groups is 1. The van der Waals surface area contributed by atoms with Crippen molar-refractivity contribution in [2.45, 2.75) is 31.5 Å². The molecule has 1 amide bonds. The Morgan fingerprint density at radius 1 is 1.11 bits per heavy atom. The zero-order valence-electron chi connectivity index (χ0n) is 20.0. The molecule has 1 saturated heterocycles. The van der Waals surface area contributed by atoms with Gasteiger partial charge in [-0.2, -0.15) is 5.26 Å². The van der Waals surface area contributed by atoms with Gasteiger partial charge in [0.05, 0.1) is 17.7 Å². The van der Waals surface area contributed by atoms with Crippen molar-refractivity contribution in [3.8, 4) is 6.07 Å². The van der Waals surface area contributed by atoms with Crippen LogP contribution in [0.15, 0.2) is 66.7 Å². The first-order valence-corrected chi connectivity index (χ1v) is 12.0. The summed E-state index contributed by atoms with van der Waals surface area (Å²) in [5.74, 6) is 3.67. The Morgan fingerprint density at radius 2 is 1.81 bits per heavy atom. The van der Waals surface area contributed by atoms with E-state index in [-0.39, 0.29) is 17.5 Å². The van der Waals surface area contributed by atoms with Crippen LogP contribution in [-0.2, 0) is 0 Å². The molecule has 5 nitrogen and oxygen atoms in total. The zero-order chi connectivity index (χ0) is 26.0. The lowest BCUT2D eigenvalue weighted by molar-refractivity contribution is 0.00810. The van der Waals surface area contributed by atoms with Gasteiger partial charge >= 0.3 is 0 Å². The largest absolute Gasteiger partial charge is 0.292 e. The van der Waals surface area contributed by atoms with Gasteiger partial charge in [-0.3, -0.25) is 15.1 Å². The summed E-state index contributed by atoms with van der Waals surface area (Å²) in [6, 6.07) is 20.5. The van der Waals surface area contributed by atoms with E-state index in [0.29, 0.717) is 29.2 Å². The number of halogens is 3. The number of rotatable bonds is 7. The zero-order valence-corrected chi connectivity index (χ0v) is 20.8. The standard InChI is InChI=1S/C28H27ClF2N4O/c1-28(2,31)25(21-10-17(14-32)11-24(30)13-21)22-15-35(16-22)26(18-6-8-23(29)9-7-18)19-4-3-5-20(12-19)27(36)34-33/h3-13,22,25-26H,15-16,33H2,1-2H3,(H,34,36)/t25-,26?/m1/s1. The molecule has 1 heterocycles. The first kappa shape index (κ1) is 25.8. The van der Waals surface area contributed by atoms with Gasteiger partial charge in [-0.1, -0.05) is 35.9 Å². The first-order chi connectivity index (χ1) is 17.1. The van der Waals surface area contributed by atoms with E-state index in [1.807, 2.05) is 24.3 Å². The van der Waals surface area contributed by atoms with Crippen LogP contribution < -0.4 is 11.3 Å². The summed E-state index contributed by atoms with van der Waals surface area (Å²) in [5, 5.41) is 9.89. The Hall–Kier alpha value is -3.31. The van der Waals surface area contributed by atoms with E-state index in [4.69, 9.17) is 17.4 Å². The molecule has 3 aromatic carbocycles. The number of nitriles is 1. The number of hydrazine groups is 1. The van der Waals surface area contributed by atoms with E-state index < -0.39 is 23.3 Å².